The molecule has 0 aliphatic heterocycles. The fraction of sp³-hybridized carbons (Fsp3) is 0.500. The van der Waals surface area contributed by atoms with Crippen LogP contribution in [0.5, 0.6) is 0 Å². The summed E-state index contributed by atoms with van der Waals surface area (Å²) in [5, 5.41) is 2.97. The molecule has 4 aromatic rings. The topological polar surface area (TPSA) is 51.2 Å². The number of amides is 1. The van der Waals surface area contributed by atoms with Crippen molar-refractivity contribution in [3.05, 3.63) is 113 Å². The summed E-state index contributed by atoms with van der Waals surface area (Å²) in [6.07, 6.45) is 25.8. The zero-order valence-corrected chi connectivity index (χ0v) is 33.2. The smallest absolute Gasteiger partial charge is 0.407 e. The molecule has 0 radical (unpaired) electrons. The standard InChI is InChI=1S/C30H28N2O2.C18H33P/c1-20-9-3-4-10-23(20)29-16-15-22(18-31-29)17-21(2)32-30(33)34-19-28-26-13-7-5-11-24(26)25-12-6-8-14-27(25)28;1-4-10-16(11-5-1)19(17-12-6-2-7-13-17)18-14-8-3-9-15-18/h3-16,18,21,28H,17,19H2,1-2H3,(H,32,33);16-18H,1-15H2/t21-;/m1./s1. The minimum absolute atomic E-state index is 0.0617. The number of ether oxygens (including phenoxy) is 1. The van der Waals surface area contributed by atoms with Crippen molar-refractivity contribution < 1.29 is 9.53 Å². The van der Waals surface area contributed by atoms with Gasteiger partial charge in [0.15, 0.2) is 0 Å². The molecule has 0 unspecified atom stereocenters. The Kier molecular flexibility index (Phi) is 13.3. The van der Waals surface area contributed by atoms with E-state index < -0.39 is 0 Å². The van der Waals surface area contributed by atoms with Crippen LogP contribution >= 0.6 is 7.92 Å². The molecule has 4 aliphatic carbocycles. The van der Waals surface area contributed by atoms with Gasteiger partial charge in [-0.1, -0.05) is 145 Å². The average molecular weight is 729 g/mol. The van der Waals surface area contributed by atoms with Crippen molar-refractivity contribution in [2.24, 2.45) is 0 Å². The Labute approximate surface area is 320 Å². The lowest BCUT2D eigenvalue weighted by atomic mass is 9.98. The molecule has 3 saturated carbocycles. The van der Waals surface area contributed by atoms with Crippen molar-refractivity contribution in [2.75, 3.05) is 6.61 Å². The molecule has 5 heteroatoms. The van der Waals surface area contributed by atoms with Crippen LogP contribution in [0.3, 0.4) is 0 Å². The van der Waals surface area contributed by atoms with Crippen LogP contribution in [-0.2, 0) is 11.2 Å². The number of alkyl carbamates (subject to hydrolysis) is 1. The van der Waals surface area contributed by atoms with E-state index in [0.29, 0.717) is 20.9 Å². The van der Waals surface area contributed by atoms with E-state index in [1.54, 1.807) is 77.0 Å². The van der Waals surface area contributed by atoms with Gasteiger partial charge in [0.25, 0.3) is 0 Å². The molecule has 1 heterocycles. The third kappa shape index (κ3) is 9.61. The van der Waals surface area contributed by atoms with Gasteiger partial charge in [0.05, 0.1) is 5.69 Å². The lowest BCUT2D eigenvalue weighted by molar-refractivity contribution is 0.139. The highest BCUT2D eigenvalue weighted by atomic mass is 31.1. The molecule has 1 N–H and O–H groups in total. The first-order valence-electron chi connectivity index (χ1n) is 20.9. The van der Waals surface area contributed by atoms with E-state index in [4.69, 9.17) is 4.74 Å². The van der Waals surface area contributed by atoms with E-state index in [0.717, 1.165) is 16.8 Å². The van der Waals surface area contributed by atoms with Crippen LogP contribution in [0, 0.1) is 6.92 Å². The van der Waals surface area contributed by atoms with Gasteiger partial charge in [-0.25, -0.2) is 4.79 Å². The maximum absolute atomic E-state index is 12.6. The molecule has 3 fully saturated rings. The number of benzene rings is 3. The summed E-state index contributed by atoms with van der Waals surface area (Å²) in [4.78, 5) is 17.2. The highest BCUT2D eigenvalue weighted by Crippen LogP contribution is 2.61. The molecule has 0 bridgehead atoms. The van der Waals surface area contributed by atoms with Crippen molar-refractivity contribution in [3.63, 3.8) is 0 Å². The molecule has 0 saturated heterocycles. The quantitative estimate of drug-likeness (QED) is 0.175. The Hall–Kier alpha value is -3.49. The first kappa shape index (κ1) is 37.8. The summed E-state index contributed by atoms with van der Waals surface area (Å²) in [7, 11) is 0.385. The van der Waals surface area contributed by atoms with Crippen LogP contribution in [0.2, 0.25) is 0 Å². The fourth-order valence-corrected chi connectivity index (χ4v) is 14.5. The number of carbonyl (C=O) groups is 1. The van der Waals surface area contributed by atoms with E-state index in [9.17, 15) is 4.79 Å². The normalized spacial score (nSPS) is 18.8. The molecule has 280 valence electrons. The van der Waals surface area contributed by atoms with Gasteiger partial charge in [-0.15, -0.1) is 0 Å². The Bertz CT molecular complexity index is 1670. The SMILES string of the molecule is C1CCC(P(C2CCCCC2)C2CCCCC2)CC1.Cc1ccccc1-c1ccc(C[C@@H](C)NC(=O)OCC2c3ccccc3-c3ccccc32)cn1. The number of fused-ring (bicyclic) bond motifs is 3. The summed E-state index contributed by atoms with van der Waals surface area (Å²) in [6, 6.07) is 29.0. The number of nitrogens with zero attached hydrogens (tertiary/aromatic N) is 1. The number of rotatable bonds is 9. The second-order valence-electron chi connectivity index (χ2n) is 16.3. The number of carbonyl (C=O) groups excluding carboxylic acids is 1. The van der Waals surface area contributed by atoms with Gasteiger partial charge in [-0.2, -0.15) is 0 Å². The number of nitrogens with one attached hydrogen (secondary N) is 1. The van der Waals surface area contributed by atoms with Crippen LogP contribution in [0.15, 0.2) is 91.1 Å². The van der Waals surface area contributed by atoms with Gasteiger partial charge in [-0.05, 0) is 115 Å². The first-order valence-corrected chi connectivity index (χ1v) is 22.5. The van der Waals surface area contributed by atoms with Crippen molar-refractivity contribution in [1.29, 1.82) is 0 Å². The second kappa shape index (κ2) is 18.7. The van der Waals surface area contributed by atoms with Crippen LogP contribution < -0.4 is 5.32 Å². The van der Waals surface area contributed by atoms with Gasteiger partial charge < -0.3 is 10.1 Å². The van der Waals surface area contributed by atoms with Crippen LogP contribution in [0.25, 0.3) is 22.4 Å². The third-order valence-electron chi connectivity index (χ3n) is 12.5. The maximum atomic E-state index is 12.6. The molecule has 1 aromatic heterocycles. The van der Waals surface area contributed by atoms with E-state index in [-0.39, 0.29) is 18.1 Å². The third-order valence-corrected chi connectivity index (χ3v) is 16.6. The summed E-state index contributed by atoms with van der Waals surface area (Å²) in [5.74, 6) is 0.0617. The Balaban J connectivity index is 0.000000193. The number of pyridine rings is 1. The lowest BCUT2D eigenvalue weighted by Gasteiger charge is -2.44. The molecule has 1 amide bonds. The minimum atomic E-state index is -0.390. The van der Waals surface area contributed by atoms with Crippen molar-refractivity contribution in [1.82, 2.24) is 10.3 Å². The molecule has 1 atom stereocenters. The number of hydrogen-bond acceptors (Lipinski definition) is 3. The Morgan fingerprint density at radius 3 is 1.66 bits per heavy atom. The molecule has 0 spiro atoms. The molecule has 4 nitrogen and oxygen atoms in total. The summed E-state index contributed by atoms with van der Waals surface area (Å²) >= 11 is 0. The van der Waals surface area contributed by atoms with Gasteiger partial charge in [0.1, 0.15) is 6.61 Å². The lowest BCUT2D eigenvalue weighted by Crippen LogP contribution is -2.35. The van der Waals surface area contributed by atoms with Gasteiger partial charge in [0.2, 0.25) is 0 Å². The highest BCUT2D eigenvalue weighted by molar-refractivity contribution is 7.60. The molecule has 3 aromatic carbocycles. The number of hydrogen-bond donors (Lipinski definition) is 1. The first-order chi connectivity index (χ1) is 26.0. The molecular weight excluding hydrogens is 668 g/mol. The van der Waals surface area contributed by atoms with E-state index in [2.05, 4.69) is 71.8 Å². The maximum Gasteiger partial charge on any atom is 0.407 e. The summed E-state index contributed by atoms with van der Waals surface area (Å²) in [5.41, 5.74) is 12.8. The van der Waals surface area contributed by atoms with E-state index in [1.807, 2.05) is 43.5 Å². The van der Waals surface area contributed by atoms with Gasteiger partial charge in [0, 0.05) is 23.7 Å². The highest BCUT2D eigenvalue weighted by Gasteiger charge is 2.36. The number of aryl methyl sites for hydroxylation is 1. The second-order valence-corrected chi connectivity index (χ2v) is 19.3. The molecular formula is C48H61N2O2P. The molecule has 53 heavy (non-hydrogen) atoms. The fourth-order valence-electron chi connectivity index (χ4n) is 9.84. The Morgan fingerprint density at radius 2 is 1.17 bits per heavy atom. The van der Waals surface area contributed by atoms with E-state index >= 15 is 0 Å². The zero-order valence-electron chi connectivity index (χ0n) is 32.3. The van der Waals surface area contributed by atoms with Crippen molar-refractivity contribution >= 4 is 14.0 Å². The summed E-state index contributed by atoms with van der Waals surface area (Å²) < 4.78 is 5.67. The predicted octanol–water partition coefficient (Wildman–Crippen LogP) is 13.0. The zero-order chi connectivity index (χ0) is 36.4. The van der Waals surface area contributed by atoms with Crippen LogP contribution in [0.1, 0.15) is 131 Å². The molecule has 4 aliphatic rings. The molecule has 8 rings (SSSR count). The van der Waals surface area contributed by atoms with Crippen LogP contribution in [-0.4, -0.2) is 40.7 Å². The monoisotopic (exact) mass is 728 g/mol. The Morgan fingerprint density at radius 1 is 0.679 bits per heavy atom. The largest absolute Gasteiger partial charge is 0.449 e. The summed E-state index contributed by atoms with van der Waals surface area (Å²) in [6.45, 7) is 4.39. The number of aromatic nitrogens is 1. The predicted molar refractivity (Wildman–Crippen MR) is 223 cm³/mol. The van der Waals surface area contributed by atoms with Gasteiger partial charge >= 0.3 is 6.09 Å². The van der Waals surface area contributed by atoms with Crippen molar-refractivity contribution in [3.8, 4) is 22.4 Å². The van der Waals surface area contributed by atoms with Gasteiger partial charge in [-0.3, -0.25) is 4.98 Å². The van der Waals surface area contributed by atoms with Crippen molar-refractivity contribution in [2.45, 2.75) is 146 Å². The van der Waals surface area contributed by atoms with Crippen LogP contribution in [0.4, 0.5) is 4.79 Å². The minimum Gasteiger partial charge on any atom is -0.449 e. The van der Waals surface area contributed by atoms with E-state index in [1.165, 1.54) is 64.1 Å². The average Bonchev–Trinajstić information content (AvgIpc) is 3.53.